The number of nitrogens with one attached hydrogen (secondary N) is 1. The summed E-state index contributed by atoms with van der Waals surface area (Å²) in [6.45, 7) is 2.00. The van der Waals surface area contributed by atoms with E-state index in [-0.39, 0.29) is 6.04 Å². The molecule has 1 atom stereocenters. The Hall–Kier alpha value is -0.900. The number of rotatable bonds is 3. The van der Waals surface area contributed by atoms with Crippen LogP contribution in [0.5, 0.6) is 0 Å². The van der Waals surface area contributed by atoms with Gasteiger partial charge in [-0.1, -0.05) is 5.16 Å². The van der Waals surface area contributed by atoms with Gasteiger partial charge in [-0.3, -0.25) is 0 Å². The van der Waals surface area contributed by atoms with Gasteiger partial charge in [-0.15, -0.1) is 0 Å². The summed E-state index contributed by atoms with van der Waals surface area (Å²) in [5.41, 5.74) is 0. The molecule has 1 unspecified atom stereocenters. The Bertz CT molecular complexity index is 267. The van der Waals surface area contributed by atoms with E-state index >= 15 is 0 Å². The molecule has 0 bridgehead atoms. The van der Waals surface area contributed by atoms with E-state index in [2.05, 4.69) is 15.5 Å². The highest BCUT2D eigenvalue weighted by molar-refractivity contribution is 5.04. The van der Waals surface area contributed by atoms with Crippen LogP contribution in [-0.4, -0.2) is 17.2 Å². The molecule has 4 heteroatoms. The van der Waals surface area contributed by atoms with Crippen LogP contribution in [0, 0.1) is 0 Å². The van der Waals surface area contributed by atoms with Crippen LogP contribution in [-0.2, 0) is 0 Å². The molecule has 0 amide bonds. The number of hydrogen-bond acceptors (Lipinski definition) is 4. The lowest BCUT2D eigenvalue weighted by molar-refractivity contribution is 0.343. The molecule has 1 aliphatic carbocycles. The molecule has 1 aliphatic rings. The third-order valence-electron chi connectivity index (χ3n) is 2.20. The van der Waals surface area contributed by atoms with Gasteiger partial charge < -0.3 is 9.84 Å². The largest absolute Gasteiger partial charge is 0.338 e. The van der Waals surface area contributed by atoms with E-state index in [0.29, 0.717) is 11.8 Å². The minimum absolute atomic E-state index is 0.157. The van der Waals surface area contributed by atoms with Crippen molar-refractivity contribution in [3.8, 4) is 0 Å². The minimum atomic E-state index is 0.157. The number of nitrogens with zero attached hydrogens (tertiary/aromatic N) is 2. The van der Waals surface area contributed by atoms with Crippen molar-refractivity contribution < 1.29 is 4.52 Å². The summed E-state index contributed by atoms with van der Waals surface area (Å²) in [5.74, 6) is 2.15. The van der Waals surface area contributed by atoms with E-state index in [0.717, 1.165) is 5.82 Å². The predicted molar refractivity (Wildman–Crippen MR) is 43.7 cm³/mol. The van der Waals surface area contributed by atoms with E-state index in [1.54, 1.807) is 0 Å². The Morgan fingerprint density at radius 3 is 2.92 bits per heavy atom. The summed E-state index contributed by atoms with van der Waals surface area (Å²) >= 11 is 0. The van der Waals surface area contributed by atoms with E-state index < -0.39 is 0 Å². The van der Waals surface area contributed by atoms with Gasteiger partial charge in [-0.05, 0) is 26.8 Å². The first-order valence-corrected chi connectivity index (χ1v) is 4.32. The highest BCUT2D eigenvalue weighted by Crippen LogP contribution is 2.38. The van der Waals surface area contributed by atoms with Crippen molar-refractivity contribution >= 4 is 0 Å². The van der Waals surface area contributed by atoms with Gasteiger partial charge in [0, 0.05) is 5.92 Å². The van der Waals surface area contributed by atoms with Crippen LogP contribution in [0.3, 0.4) is 0 Å². The third-order valence-corrected chi connectivity index (χ3v) is 2.20. The molecule has 66 valence electrons. The molecule has 1 fully saturated rings. The monoisotopic (exact) mass is 167 g/mol. The lowest BCUT2D eigenvalue weighted by Gasteiger charge is -2.01. The second-order valence-corrected chi connectivity index (χ2v) is 3.28. The van der Waals surface area contributed by atoms with Gasteiger partial charge in [0.2, 0.25) is 5.89 Å². The van der Waals surface area contributed by atoms with Crippen LogP contribution in [0.2, 0.25) is 0 Å². The molecule has 1 aromatic rings. The van der Waals surface area contributed by atoms with Crippen LogP contribution in [0.4, 0.5) is 0 Å². The van der Waals surface area contributed by atoms with Crippen molar-refractivity contribution in [3.63, 3.8) is 0 Å². The molecule has 2 rings (SSSR count). The fourth-order valence-electron chi connectivity index (χ4n) is 1.05. The Balaban J connectivity index is 2.12. The van der Waals surface area contributed by atoms with Gasteiger partial charge in [0.1, 0.15) is 0 Å². The van der Waals surface area contributed by atoms with Crippen LogP contribution in [0.15, 0.2) is 4.52 Å². The van der Waals surface area contributed by atoms with Crippen molar-refractivity contribution in [2.45, 2.75) is 31.7 Å². The molecular formula is C8H13N3O. The van der Waals surface area contributed by atoms with Crippen molar-refractivity contribution in [3.05, 3.63) is 11.7 Å². The van der Waals surface area contributed by atoms with Crippen LogP contribution >= 0.6 is 0 Å². The maximum absolute atomic E-state index is 5.10. The molecule has 1 heterocycles. The Morgan fingerprint density at radius 1 is 1.58 bits per heavy atom. The number of hydrogen-bond donors (Lipinski definition) is 1. The summed E-state index contributed by atoms with van der Waals surface area (Å²) in [6.07, 6.45) is 2.43. The fraction of sp³-hybridized carbons (Fsp3) is 0.750. The zero-order chi connectivity index (χ0) is 8.55. The summed E-state index contributed by atoms with van der Waals surface area (Å²) in [6, 6.07) is 0.157. The highest BCUT2D eigenvalue weighted by Gasteiger charge is 2.29. The summed E-state index contributed by atoms with van der Waals surface area (Å²) in [5, 5.41) is 6.98. The molecule has 0 radical (unpaired) electrons. The van der Waals surface area contributed by atoms with E-state index in [1.165, 1.54) is 12.8 Å². The van der Waals surface area contributed by atoms with Gasteiger partial charge in [-0.25, -0.2) is 0 Å². The molecule has 0 saturated heterocycles. The Labute approximate surface area is 71.4 Å². The molecule has 1 aromatic heterocycles. The third kappa shape index (κ3) is 1.34. The topological polar surface area (TPSA) is 51.0 Å². The second-order valence-electron chi connectivity index (χ2n) is 3.28. The lowest BCUT2D eigenvalue weighted by Crippen LogP contribution is -2.12. The van der Waals surface area contributed by atoms with E-state index in [1.807, 2.05) is 14.0 Å². The maximum atomic E-state index is 5.10. The van der Waals surface area contributed by atoms with Gasteiger partial charge in [0.25, 0.3) is 0 Å². The van der Waals surface area contributed by atoms with Crippen LogP contribution in [0.1, 0.15) is 43.4 Å². The minimum Gasteiger partial charge on any atom is -0.338 e. The fourth-order valence-corrected chi connectivity index (χ4v) is 1.05. The van der Waals surface area contributed by atoms with Crippen LogP contribution < -0.4 is 5.32 Å². The maximum Gasteiger partial charge on any atom is 0.243 e. The lowest BCUT2D eigenvalue weighted by atomic mass is 10.3. The van der Waals surface area contributed by atoms with Gasteiger partial charge >= 0.3 is 0 Å². The Morgan fingerprint density at radius 2 is 2.33 bits per heavy atom. The van der Waals surface area contributed by atoms with Crippen LogP contribution in [0.25, 0.3) is 0 Å². The molecule has 1 N–H and O–H groups in total. The van der Waals surface area contributed by atoms with Crippen molar-refractivity contribution in [2.75, 3.05) is 7.05 Å². The van der Waals surface area contributed by atoms with Gasteiger partial charge in [-0.2, -0.15) is 4.98 Å². The standard InChI is InChI=1S/C8H13N3O/c1-5(9-2)8-10-7(11-12-8)6-3-4-6/h5-6,9H,3-4H2,1-2H3. The van der Waals surface area contributed by atoms with Crippen molar-refractivity contribution in [1.29, 1.82) is 0 Å². The van der Waals surface area contributed by atoms with Gasteiger partial charge in [0.15, 0.2) is 5.82 Å². The zero-order valence-electron chi connectivity index (χ0n) is 7.37. The molecule has 0 aromatic carbocycles. The molecule has 0 aliphatic heterocycles. The zero-order valence-corrected chi connectivity index (χ0v) is 7.37. The summed E-state index contributed by atoms with van der Waals surface area (Å²) in [7, 11) is 1.88. The molecule has 12 heavy (non-hydrogen) atoms. The molecular weight excluding hydrogens is 154 g/mol. The first-order chi connectivity index (χ1) is 5.81. The molecule has 0 spiro atoms. The summed E-state index contributed by atoms with van der Waals surface area (Å²) < 4.78 is 5.10. The normalized spacial score (nSPS) is 19.5. The molecule has 4 nitrogen and oxygen atoms in total. The first-order valence-electron chi connectivity index (χ1n) is 4.32. The average molecular weight is 167 g/mol. The van der Waals surface area contributed by atoms with E-state index in [9.17, 15) is 0 Å². The molecule has 1 saturated carbocycles. The second kappa shape index (κ2) is 2.86. The Kier molecular flexibility index (Phi) is 1.84. The predicted octanol–water partition coefficient (Wildman–Crippen LogP) is 1.23. The van der Waals surface area contributed by atoms with Crippen molar-refractivity contribution in [1.82, 2.24) is 15.5 Å². The number of aromatic nitrogens is 2. The SMILES string of the molecule is CNC(C)c1nc(C2CC2)no1. The quantitative estimate of drug-likeness (QED) is 0.735. The summed E-state index contributed by atoms with van der Waals surface area (Å²) in [4.78, 5) is 4.30. The van der Waals surface area contributed by atoms with E-state index in [4.69, 9.17) is 4.52 Å². The average Bonchev–Trinajstić information content (AvgIpc) is 2.83. The van der Waals surface area contributed by atoms with Crippen molar-refractivity contribution in [2.24, 2.45) is 0 Å². The van der Waals surface area contributed by atoms with Gasteiger partial charge in [0.05, 0.1) is 6.04 Å². The first kappa shape index (κ1) is 7.73. The highest BCUT2D eigenvalue weighted by atomic mass is 16.5. The smallest absolute Gasteiger partial charge is 0.243 e.